The first-order valence-electron chi connectivity index (χ1n) is 6.48. The van der Waals surface area contributed by atoms with Crippen LogP contribution in [0.15, 0.2) is 40.2 Å². The summed E-state index contributed by atoms with van der Waals surface area (Å²) >= 11 is 1.88. The molecule has 2 N–H and O–H groups in total. The molecule has 1 aromatic rings. The number of nitrogens with one attached hydrogen (secondary N) is 2. The minimum Gasteiger partial charge on any atom is -0.383 e. The fourth-order valence-corrected chi connectivity index (χ4v) is 2.35. The minimum absolute atomic E-state index is 0. The molecule has 114 valence electrons. The van der Waals surface area contributed by atoms with E-state index in [-0.39, 0.29) is 24.0 Å². The molecule has 1 aromatic carbocycles. The summed E-state index contributed by atoms with van der Waals surface area (Å²) in [5.74, 6) is 1.94. The summed E-state index contributed by atoms with van der Waals surface area (Å²) in [5.41, 5.74) is 0. The van der Waals surface area contributed by atoms with Crippen molar-refractivity contribution < 1.29 is 4.74 Å². The van der Waals surface area contributed by atoms with E-state index in [1.807, 2.05) is 17.8 Å². The van der Waals surface area contributed by atoms with Crippen LogP contribution in [0.5, 0.6) is 0 Å². The second kappa shape index (κ2) is 13.5. The summed E-state index contributed by atoms with van der Waals surface area (Å²) in [6.07, 6.45) is 1.10. The van der Waals surface area contributed by atoms with Crippen molar-refractivity contribution in [3.63, 3.8) is 0 Å². The monoisotopic (exact) mass is 409 g/mol. The predicted octanol–water partition coefficient (Wildman–Crippen LogP) is 2.60. The van der Waals surface area contributed by atoms with Gasteiger partial charge in [-0.1, -0.05) is 18.2 Å². The maximum atomic E-state index is 4.98. The lowest BCUT2D eigenvalue weighted by molar-refractivity contribution is 0.203. The van der Waals surface area contributed by atoms with E-state index >= 15 is 0 Å². The van der Waals surface area contributed by atoms with Crippen molar-refractivity contribution in [1.82, 2.24) is 10.6 Å². The quantitative estimate of drug-likeness (QED) is 0.228. The van der Waals surface area contributed by atoms with Crippen LogP contribution < -0.4 is 10.6 Å². The van der Waals surface area contributed by atoms with Crippen LogP contribution in [0.2, 0.25) is 0 Å². The Morgan fingerprint density at radius 2 is 1.90 bits per heavy atom. The molecule has 0 bridgehead atoms. The fraction of sp³-hybridized carbons (Fsp3) is 0.500. The van der Waals surface area contributed by atoms with Gasteiger partial charge in [0.15, 0.2) is 5.96 Å². The van der Waals surface area contributed by atoms with Gasteiger partial charge in [0.1, 0.15) is 0 Å². The Morgan fingerprint density at radius 3 is 2.55 bits per heavy atom. The van der Waals surface area contributed by atoms with Crippen molar-refractivity contribution in [2.45, 2.75) is 11.3 Å². The zero-order chi connectivity index (χ0) is 13.8. The molecular weight excluding hydrogens is 385 g/mol. The van der Waals surface area contributed by atoms with E-state index in [4.69, 9.17) is 4.74 Å². The Labute approximate surface area is 143 Å². The van der Waals surface area contributed by atoms with Crippen LogP contribution in [0.4, 0.5) is 0 Å². The van der Waals surface area contributed by atoms with Gasteiger partial charge in [-0.25, -0.2) is 0 Å². The van der Waals surface area contributed by atoms with Crippen LogP contribution in [0, 0.1) is 0 Å². The van der Waals surface area contributed by atoms with Gasteiger partial charge in [-0.2, -0.15) is 0 Å². The summed E-state index contributed by atoms with van der Waals surface area (Å²) in [4.78, 5) is 5.47. The number of guanidine groups is 1. The number of aliphatic imine (C=N–C) groups is 1. The standard InChI is InChI=1S/C14H23N3OS.HI/c1-15-14(17-10-11-18-2)16-9-6-12-19-13-7-4-3-5-8-13;/h3-5,7-8H,6,9-12H2,1-2H3,(H2,15,16,17);1H. The smallest absolute Gasteiger partial charge is 0.191 e. The molecule has 0 radical (unpaired) electrons. The van der Waals surface area contributed by atoms with E-state index in [0.717, 1.165) is 31.2 Å². The summed E-state index contributed by atoms with van der Waals surface area (Å²) in [7, 11) is 3.47. The lowest BCUT2D eigenvalue weighted by Gasteiger charge is -2.11. The van der Waals surface area contributed by atoms with Gasteiger partial charge in [0, 0.05) is 32.1 Å². The molecule has 0 atom stereocenters. The number of halogens is 1. The van der Waals surface area contributed by atoms with Crippen molar-refractivity contribution >= 4 is 41.7 Å². The average Bonchev–Trinajstić information content (AvgIpc) is 2.46. The molecule has 0 saturated heterocycles. The van der Waals surface area contributed by atoms with Gasteiger partial charge in [-0.15, -0.1) is 35.7 Å². The molecule has 0 amide bonds. The number of nitrogens with zero attached hydrogens (tertiary/aromatic N) is 1. The van der Waals surface area contributed by atoms with Crippen LogP contribution >= 0.6 is 35.7 Å². The molecular formula is C14H24IN3OS. The van der Waals surface area contributed by atoms with Crippen LogP contribution in [0.3, 0.4) is 0 Å². The number of rotatable bonds is 8. The molecule has 0 heterocycles. The maximum absolute atomic E-state index is 4.98. The zero-order valence-corrected chi connectivity index (χ0v) is 15.2. The molecule has 6 heteroatoms. The van der Waals surface area contributed by atoms with E-state index in [9.17, 15) is 0 Å². The van der Waals surface area contributed by atoms with Crippen LogP contribution in [-0.2, 0) is 4.74 Å². The topological polar surface area (TPSA) is 45.7 Å². The number of hydrogen-bond donors (Lipinski definition) is 2. The third kappa shape index (κ3) is 9.44. The number of methoxy groups -OCH3 is 1. The van der Waals surface area contributed by atoms with Gasteiger partial charge < -0.3 is 15.4 Å². The van der Waals surface area contributed by atoms with Crippen LogP contribution in [0.1, 0.15) is 6.42 Å². The molecule has 0 aromatic heterocycles. The summed E-state index contributed by atoms with van der Waals surface area (Å²) in [6.45, 7) is 2.38. The third-order valence-corrected chi connectivity index (χ3v) is 3.55. The van der Waals surface area contributed by atoms with Gasteiger partial charge in [-0.05, 0) is 24.3 Å². The number of ether oxygens (including phenoxy) is 1. The Balaban J connectivity index is 0.00000361. The number of benzene rings is 1. The molecule has 0 aliphatic rings. The molecule has 0 fully saturated rings. The van der Waals surface area contributed by atoms with E-state index < -0.39 is 0 Å². The molecule has 0 unspecified atom stereocenters. The number of thioether (sulfide) groups is 1. The van der Waals surface area contributed by atoms with E-state index in [2.05, 4.69) is 39.9 Å². The van der Waals surface area contributed by atoms with E-state index in [1.54, 1.807) is 14.2 Å². The summed E-state index contributed by atoms with van der Waals surface area (Å²) < 4.78 is 4.98. The SMILES string of the molecule is CN=C(NCCCSc1ccccc1)NCCOC.I. The van der Waals surface area contributed by atoms with Gasteiger partial charge in [-0.3, -0.25) is 4.99 Å². The van der Waals surface area contributed by atoms with Crippen molar-refractivity contribution in [1.29, 1.82) is 0 Å². The van der Waals surface area contributed by atoms with E-state index in [0.29, 0.717) is 6.61 Å². The molecule has 4 nitrogen and oxygen atoms in total. The average molecular weight is 409 g/mol. The fourth-order valence-electron chi connectivity index (χ4n) is 1.48. The van der Waals surface area contributed by atoms with Gasteiger partial charge in [0.25, 0.3) is 0 Å². The summed E-state index contributed by atoms with van der Waals surface area (Å²) in [6, 6.07) is 10.5. The highest BCUT2D eigenvalue weighted by atomic mass is 127. The third-order valence-electron chi connectivity index (χ3n) is 2.45. The minimum atomic E-state index is 0. The predicted molar refractivity (Wildman–Crippen MR) is 98.4 cm³/mol. The highest BCUT2D eigenvalue weighted by Crippen LogP contribution is 2.17. The molecule has 1 rings (SSSR count). The summed E-state index contributed by atoms with van der Waals surface area (Å²) in [5, 5.41) is 6.47. The zero-order valence-electron chi connectivity index (χ0n) is 12.1. The Bertz CT molecular complexity index is 363. The van der Waals surface area contributed by atoms with Crippen molar-refractivity contribution in [2.24, 2.45) is 4.99 Å². The molecule has 20 heavy (non-hydrogen) atoms. The largest absolute Gasteiger partial charge is 0.383 e. The number of hydrogen-bond acceptors (Lipinski definition) is 3. The van der Waals surface area contributed by atoms with Gasteiger partial charge >= 0.3 is 0 Å². The van der Waals surface area contributed by atoms with E-state index in [1.165, 1.54) is 4.90 Å². The first-order chi connectivity index (χ1) is 9.36. The van der Waals surface area contributed by atoms with Crippen LogP contribution in [-0.4, -0.2) is 45.6 Å². The Kier molecular flexibility index (Phi) is 13.2. The Hall–Kier alpha value is -0.470. The Morgan fingerprint density at radius 1 is 1.20 bits per heavy atom. The molecule has 0 aliphatic carbocycles. The highest BCUT2D eigenvalue weighted by molar-refractivity contribution is 14.0. The maximum Gasteiger partial charge on any atom is 0.191 e. The van der Waals surface area contributed by atoms with Crippen molar-refractivity contribution in [2.75, 3.05) is 39.6 Å². The van der Waals surface area contributed by atoms with Crippen molar-refractivity contribution in [3.8, 4) is 0 Å². The molecule has 0 saturated carbocycles. The first kappa shape index (κ1) is 19.5. The second-order valence-electron chi connectivity index (χ2n) is 3.93. The lowest BCUT2D eigenvalue weighted by Crippen LogP contribution is -2.39. The van der Waals surface area contributed by atoms with Gasteiger partial charge in [0.05, 0.1) is 6.61 Å². The lowest BCUT2D eigenvalue weighted by atomic mass is 10.4. The normalized spacial score (nSPS) is 10.8. The molecule has 0 spiro atoms. The van der Waals surface area contributed by atoms with Crippen molar-refractivity contribution in [3.05, 3.63) is 30.3 Å². The second-order valence-corrected chi connectivity index (χ2v) is 5.10. The molecule has 0 aliphatic heterocycles. The van der Waals surface area contributed by atoms with Gasteiger partial charge in [0.2, 0.25) is 0 Å². The first-order valence-corrected chi connectivity index (χ1v) is 7.46. The highest BCUT2D eigenvalue weighted by Gasteiger charge is 1.96. The van der Waals surface area contributed by atoms with Crippen LogP contribution in [0.25, 0.3) is 0 Å².